The van der Waals surface area contributed by atoms with E-state index in [0.29, 0.717) is 13.1 Å². The molecule has 6 nitrogen and oxygen atoms in total. The lowest BCUT2D eigenvalue weighted by molar-refractivity contribution is 0.0638. The normalized spacial score (nSPS) is 21.7. The molecule has 2 aliphatic rings. The van der Waals surface area contributed by atoms with E-state index in [9.17, 15) is 9.59 Å². The minimum absolute atomic E-state index is 0.00324. The molecule has 1 atom stereocenters. The van der Waals surface area contributed by atoms with E-state index < -0.39 is 0 Å². The quantitative estimate of drug-likeness (QED) is 0.915. The monoisotopic (exact) mass is 336 g/mol. The van der Waals surface area contributed by atoms with Gasteiger partial charge in [0, 0.05) is 26.2 Å². The zero-order valence-corrected chi connectivity index (χ0v) is 14.6. The second kappa shape index (κ2) is 6.86. The lowest BCUT2D eigenvalue weighted by Gasteiger charge is -2.36. The minimum Gasteiger partial charge on any atom is -0.336 e. The van der Waals surface area contributed by atoms with Gasteiger partial charge in [-0.1, -0.05) is 6.92 Å². The SMILES string of the molecule is CCCc1nc(C)c(C(=O)N2CCCC(N3CCNC3=O)C2)s1. The van der Waals surface area contributed by atoms with Crippen molar-refractivity contribution in [1.82, 2.24) is 20.1 Å². The van der Waals surface area contributed by atoms with Crippen LogP contribution in [0.3, 0.4) is 0 Å². The fourth-order valence-electron chi connectivity index (χ4n) is 3.34. The standard InChI is InChI=1S/C16H24N4O2S/c1-3-5-13-18-11(2)14(23-13)15(21)19-8-4-6-12(10-19)20-9-7-17-16(20)22/h12H,3-10H2,1-2H3,(H,17,22). The first-order valence-corrected chi connectivity index (χ1v) is 9.22. The Morgan fingerprint density at radius 2 is 2.26 bits per heavy atom. The average molecular weight is 336 g/mol. The summed E-state index contributed by atoms with van der Waals surface area (Å²) in [6, 6.07) is 0.141. The van der Waals surface area contributed by atoms with Crippen LogP contribution in [0.2, 0.25) is 0 Å². The Hall–Kier alpha value is -1.63. The molecule has 0 spiro atoms. The van der Waals surface area contributed by atoms with E-state index in [-0.39, 0.29) is 18.0 Å². The van der Waals surface area contributed by atoms with Gasteiger partial charge in [-0.15, -0.1) is 11.3 Å². The maximum absolute atomic E-state index is 12.9. The zero-order chi connectivity index (χ0) is 16.4. The molecular weight excluding hydrogens is 312 g/mol. The number of aryl methyl sites for hydroxylation is 2. The molecule has 126 valence electrons. The van der Waals surface area contributed by atoms with Gasteiger partial charge in [-0.2, -0.15) is 0 Å². The smallest absolute Gasteiger partial charge is 0.317 e. The van der Waals surface area contributed by atoms with Gasteiger partial charge in [-0.05, 0) is 32.6 Å². The first-order chi connectivity index (χ1) is 11.1. The summed E-state index contributed by atoms with van der Waals surface area (Å²) in [4.78, 5) is 33.8. The molecule has 3 heterocycles. The van der Waals surface area contributed by atoms with Crippen LogP contribution in [0.1, 0.15) is 46.6 Å². The summed E-state index contributed by atoms with van der Waals surface area (Å²) in [7, 11) is 0. The number of amides is 3. The molecule has 1 unspecified atom stereocenters. The molecule has 0 saturated carbocycles. The highest BCUT2D eigenvalue weighted by molar-refractivity contribution is 7.13. The number of thiazole rings is 1. The van der Waals surface area contributed by atoms with E-state index in [1.807, 2.05) is 16.7 Å². The van der Waals surface area contributed by atoms with Crippen molar-refractivity contribution in [3.8, 4) is 0 Å². The number of aromatic nitrogens is 1. The van der Waals surface area contributed by atoms with Crippen LogP contribution < -0.4 is 5.32 Å². The summed E-state index contributed by atoms with van der Waals surface area (Å²) >= 11 is 1.52. The Morgan fingerprint density at radius 1 is 1.43 bits per heavy atom. The first kappa shape index (κ1) is 16.2. The highest BCUT2D eigenvalue weighted by Crippen LogP contribution is 2.24. The fourth-order valence-corrected chi connectivity index (χ4v) is 4.48. The van der Waals surface area contributed by atoms with Crippen LogP contribution in [-0.2, 0) is 6.42 Å². The highest BCUT2D eigenvalue weighted by Gasteiger charge is 2.33. The van der Waals surface area contributed by atoms with Gasteiger partial charge in [0.1, 0.15) is 4.88 Å². The predicted octanol–water partition coefficient (Wildman–Crippen LogP) is 2.03. The number of hydrogen-bond donors (Lipinski definition) is 1. The second-order valence-corrected chi connectivity index (χ2v) is 7.33. The van der Waals surface area contributed by atoms with Crippen LogP contribution in [0.4, 0.5) is 4.79 Å². The summed E-state index contributed by atoms with van der Waals surface area (Å²) < 4.78 is 0. The summed E-state index contributed by atoms with van der Waals surface area (Å²) in [6.45, 7) is 6.88. The molecule has 23 heavy (non-hydrogen) atoms. The first-order valence-electron chi connectivity index (χ1n) is 8.40. The van der Waals surface area contributed by atoms with E-state index in [0.717, 1.165) is 54.4 Å². The maximum atomic E-state index is 12.9. The fraction of sp³-hybridized carbons (Fsp3) is 0.688. The summed E-state index contributed by atoms with van der Waals surface area (Å²) in [5, 5.41) is 3.89. The largest absolute Gasteiger partial charge is 0.336 e. The number of nitrogens with one attached hydrogen (secondary N) is 1. The lowest BCUT2D eigenvalue weighted by Crippen LogP contribution is -2.50. The third-order valence-corrected chi connectivity index (χ3v) is 5.72. The van der Waals surface area contributed by atoms with Gasteiger partial charge in [0.25, 0.3) is 5.91 Å². The molecule has 0 aliphatic carbocycles. The molecule has 1 aromatic heterocycles. The van der Waals surface area contributed by atoms with Gasteiger partial charge in [0.2, 0.25) is 0 Å². The molecule has 2 saturated heterocycles. The molecular formula is C16H24N4O2S. The van der Waals surface area contributed by atoms with Crippen LogP contribution >= 0.6 is 11.3 Å². The Kier molecular flexibility index (Phi) is 4.84. The van der Waals surface area contributed by atoms with Crippen LogP contribution in [0.5, 0.6) is 0 Å². The Bertz CT molecular complexity index is 601. The number of carbonyl (C=O) groups is 2. The molecule has 3 amide bonds. The molecule has 0 aromatic carbocycles. The lowest BCUT2D eigenvalue weighted by atomic mass is 10.0. The average Bonchev–Trinajstić information content (AvgIpc) is 3.13. The number of rotatable bonds is 4. The maximum Gasteiger partial charge on any atom is 0.317 e. The van der Waals surface area contributed by atoms with Gasteiger partial charge in [0.05, 0.1) is 16.7 Å². The van der Waals surface area contributed by atoms with Crippen molar-refractivity contribution in [3.63, 3.8) is 0 Å². The zero-order valence-electron chi connectivity index (χ0n) is 13.8. The van der Waals surface area contributed by atoms with Crippen molar-refractivity contribution in [1.29, 1.82) is 0 Å². The van der Waals surface area contributed by atoms with Crippen LogP contribution in [0.25, 0.3) is 0 Å². The Morgan fingerprint density at radius 3 is 2.96 bits per heavy atom. The summed E-state index contributed by atoms with van der Waals surface area (Å²) in [6.07, 6.45) is 3.88. The second-order valence-electron chi connectivity index (χ2n) is 6.24. The third-order valence-electron chi connectivity index (χ3n) is 4.51. The predicted molar refractivity (Wildman–Crippen MR) is 89.9 cm³/mol. The molecule has 7 heteroatoms. The van der Waals surface area contributed by atoms with E-state index in [2.05, 4.69) is 17.2 Å². The number of urea groups is 1. The summed E-state index contributed by atoms with van der Waals surface area (Å²) in [5.41, 5.74) is 0.837. The van der Waals surface area contributed by atoms with Crippen LogP contribution in [0, 0.1) is 6.92 Å². The van der Waals surface area contributed by atoms with Crippen molar-refractivity contribution < 1.29 is 9.59 Å². The van der Waals surface area contributed by atoms with Gasteiger partial charge in [-0.3, -0.25) is 4.79 Å². The van der Waals surface area contributed by atoms with Gasteiger partial charge in [0.15, 0.2) is 0 Å². The van der Waals surface area contributed by atoms with Crippen molar-refractivity contribution in [2.24, 2.45) is 0 Å². The van der Waals surface area contributed by atoms with E-state index in [1.54, 1.807) is 0 Å². The van der Waals surface area contributed by atoms with E-state index >= 15 is 0 Å². The number of piperidine rings is 1. The topological polar surface area (TPSA) is 65.5 Å². The molecule has 0 radical (unpaired) electrons. The molecule has 3 rings (SSSR count). The van der Waals surface area contributed by atoms with Crippen LogP contribution in [0.15, 0.2) is 0 Å². The molecule has 2 fully saturated rings. The van der Waals surface area contributed by atoms with Crippen molar-refractivity contribution in [3.05, 3.63) is 15.6 Å². The Balaban J connectivity index is 1.70. The Labute approximate surface area is 140 Å². The van der Waals surface area contributed by atoms with Gasteiger partial charge < -0.3 is 15.1 Å². The number of hydrogen-bond acceptors (Lipinski definition) is 4. The molecule has 1 N–H and O–H groups in total. The third kappa shape index (κ3) is 3.34. The van der Waals surface area contributed by atoms with E-state index in [1.165, 1.54) is 11.3 Å². The van der Waals surface area contributed by atoms with Crippen LogP contribution in [-0.4, -0.2) is 58.9 Å². The van der Waals surface area contributed by atoms with E-state index in [4.69, 9.17) is 0 Å². The molecule has 2 aliphatic heterocycles. The minimum atomic E-state index is 0.00324. The number of carbonyl (C=O) groups excluding carboxylic acids is 2. The van der Waals surface area contributed by atoms with Crippen molar-refractivity contribution in [2.75, 3.05) is 26.2 Å². The van der Waals surface area contributed by atoms with Gasteiger partial charge in [-0.25, -0.2) is 9.78 Å². The van der Waals surface area contributed by atoms with Crippen molar-refractivity contribution in [2.45, 2.75) is 45.6 Å². The van der Waals surface area contributed by atoms with Crippen molar-refractivity contribution >= 4 is 23.3 Å². The summed E-state index contributed by atoms with van der Waals surface area (Å²) in [5.74, 6) is 0.0756. The highest BCUT2D eigenvalue weighted by atomic mass is 32.1. The molecule has 0 bridgehead atoms. The number of nitrogens with zero attached hydrogens (tertiary/aromatic N) is 3. The number of likely N-dealkylation sites (tertiary alicyclic amines) is 1. The van der Waals surface area contributed by atoms with Gasteiger partial charge >= 0.3 is 6.03 Å². The molecule has 1 aromatic rings.